The topological polar surface area (TPSA) is 116 Å². The summed E-state index contributed by atoms with van der Waals surface area (Å²) in [5.41, 5.74) is 3.59. The van der Waals surface area contributed by atoms with Crippen LogP contribution in [0.3, 0.4) is 0 Å². The highest BCUT2D eigenvalue weighted by atomic mass is 32.2. The van der Waals surface area contributed by atoms with E-state index in [2.05, 4.69) is 42.0 Å². The van der Waals surface area contributed by atoms with Crippen molar-refractivity contribution >= 4 is 23.0 Å². The Labute approximate surface area is 248 Å². The zero-order valence-electron chi connectivity index (χ0n) is 24.9. The molecule has 5 atom stereocenters. The fourth-order valence-electron chi connectivity index (χ4n) is 5.88. The van der Waals surface area contributed by atoms with Crippen LogP contribution in [-0.4, -0.2) is 74.5 Å². The van der Waals surface area contributed by atoms with Gasteiger partial charge in [0.15, 0.2) is 10.6 Å². The average Bonchev–Trinajstić information content (AvgIpc) is 3.47. The molecule has 0 radical (unpaired) electrons. The molecule has 2 aromatic heterocycles. The number of amides is 2. The van der Waals surface area contributed by atoms with Crippen LogP contribution < -0.4 is 10.0 Å². The molecule has 2 aromatic rings. The van der Waals surface area contributed by atoms with Crippen LogP contribution in [0.25, 0.3) is 5.65 Å². The van der Waals surface area contributed by atoms with E-state index in [0.29, 0.717) is 16.9 Å². The van der Waals surface area contributed by atoms with Gasteiger partial charge in [-0.2, -0.15) is 5.10 Å². The number of allylic oxidation sites excluding steroid dienone is 4. The van der Waals surface area contributed by atoms with Crippen LogP contribution in [0.15, 0.2) is 40.6 Å². The summed E-state index contributed by atoms with van der Waals surface area (Å²) in [7, 11) is 1.45. The summed E-state index contributed by atoms with van der Waals surface area (Å²) < 4.78 is 58.8. The number of imidazole rings is 1. The third kappa shape index (κ3) is 6.65. The SMILES string of the molecule is COC[C@H](c1cnn2cc([C@@H](N[S+]([O-])C3=C(C)C=C(C)CC3C)C(C)OC3(C)CC3)nc2c1)N1CC(F)(F)CNC1=O. The highest BCUT2D eigenvalue weighted by Crippen LogP contribution is 2.42. The van der Waals surface area contributed by atoms with Crippen LogP contribution in [0.5, 0.6) is 0 Å². The van der Waals surface area contributed by atoms with Crippen LogP contribution in [0, 0.1) is 5.92 Å². The van der Waals surface area contributed by atoms with Gasteiger partial charge in [-0.25, -0.2) is 23.1 Å². The molecule has 13 heteroatoms. The molecule has 0 spiro atoms. The number of urea groups is 1. The second-order valence-electron chi connectivity index (χ2n) is 12.2. The third-order valence-corrected chi connectivity index (χ3v) is 9.77. The van der Waals surface area contributed by atoms with Gasteiger partial charge in [-0.1, -0.05) is 18.6 Å². The molecule has 2 amide bonds. The lowest BCUT2D eigenvalue weighted by molar-refractivity contribution is -0.0509. The van der Waals surface area contributed by atoms with Crippen molar-refractivity contribution in [2.45, 2.75) is 83.6 Å². The first-order valence-corrected chi connectivity index (χ1v) is 15.4. The Balaban J connectivity index is 1.46. The van der Waals surface area contributed by atoms with Crippen molar-refractivity contribution in [3.8, 4) is 0 Å². The quantitative estimate of drug-likeness (QED) is 0.360. The molecular weight excluding hydrogens is 566 g/mol. The number of carbonyl (C=O) groups excluding carboxylic acids is 1. The number of rotatable bonds is 11. The summed E-state index contributed by atoms with van der Waals surface area (Å²) in [6.45, 7) is 8.73. The summed E-state index contributed by atoms with van der Waals surface area (Å²) in [5, 5.41) is 6.74. The largest absolute Gasteiger partial charge is 0.593 e. The standard InChI is InChI=1S/C29H40F2N6O4S/c1-17-9-18(2)26(19(3)10-17)42(39)35-25(20(4)41-28(5)7-8-28)22-13-37-24(34-22)11-21(12-33-37)23(14-40-6)36-16-29(30,31)15-32-27(36)38/h9,11-13,19-20,23,25,35H,7-8,10,14-16H2,1-6H3,(H,32,38)/t19?,20?,23-,25+,42?/m1/s1. The van der Waals surface area contributed by atoms with Crippen molar-refractivity contribution in [2.24, 2.45) is 5.92 Å². The highest BCUT2D eigenvalue weighted by Gasteiger charge is 2.44. The molecular formula is C29H40F2N6O4S. The Kier molecular flexibility index (Phi) is 8.70. The first kappa shape index (κ1) is 30.9. The fourth-order valence-corrected chi connectivity index (χ4v) is 7.35. The van der Waals surface area contributed by atoms with E-state index in [1.807, 2.05) is 13.8 Å². The molecule has 0 aromatic carbocycles. The van der Waals surface area contributed by atoms with Gasteiger partial charge in [0.05, 0.1) is 66.9 Å². The molecule has 1 aliphatic heterocycles. The van der Waals surface area contributed by atoms with Crippen molar-refractivity contribution in [1.29, 1.82) is 0 Å². The van der Waals surface area contributed by atoms with E-state index in [-0.39, 0.29) is 24.2 Å². The maximum atomic E-state index is 14.2. The van der Waals surface area contributed by atoms with E-state index in [9.17, 15) is 18.1 Å². The average molecular weight is 607 g/mol. The van der Waals surface area contributed by atoms with Crippen LogP contribution in [0.1, 0.15) is 77.2 Å². The number of alkyl halides is 2. The van der Waals surface area contributed by atoms with Crippen molar-refractivity contribution < 1.29 is 27.6 Å². The zero-order chi connectivity index (χ0) is 30.4. The zero-order valence-corrected chi connectivity index (χ0v) is 25.8. The number of hydrogen-bond acceptors (Lipinski definition) is 7. The van der Waals surface area contributed by atoms with E-state index in [1.165, 1.54) is 18.9 Å². The normalized spacial score (nSPS) is 24.7. The number of halogens is 2. The monoisotopic (exact) mass is 606 g/mol. The van der Waals surface area contributed by atoms with Gasteiger partial charge >= 0.3 is 6.03 Å². The van der Waals surface area contributed by atoms with E-state index < -0.39 is 48.5 Å². The number of ether oxygens (including phenoxy) is 2. The number of nitrogens with zero attached hydrogens (tertiary/aromatic N) is 4. The van der Waals surface area contributed by atoms with Crippen molar-refractivity contribution in [2.75, 3.05) is 26.8 Å². The number of nitrogens with one attached hydrogen (secondary N) is 2. The van der Waals surface area contributed by atoms with Gasteiger partial charge < -0.3 is 24.2 Å². The molecule has 2 fully saturated rings. The summed E-state index contributed by atoms with van der Waals surface area (Å²) in [5.74, 6) is -2.94. The lowest BCUT2D eigenvalue weighted by Gasteiger charge is -2.38. The van der Waals surface area contributed by atoms with Crippen LogP contribution >= 0.6 is 0 Å². The van der Waals surface area contributed by atoms with Gasteiger partial charge in [0.25, 0.3) is 5.92 Å². The van der Waals surface area contributed by atoms with E-state index in [0.717, 1.165) is 34.6 Å². The maximum Gasteiger partial charge on any atom is 0.318 e. The van der Waals surface area contributed by atoms with Gasteiger partial charge in [0.1, 0.15) is 6.04 Å². The molecule has 3 unspecified atom stereocenters. The van der Waals surface area contributed by atoms with Crippen LogP contribution in [0.2, 0.25) is 0 Å². The number of fused-ring (bicyclic) bond motifs is 1. The molecule has 0 bridgehead atoms. The maximum absolute atomic E-state index is 14.2. The Bertz CT molecular complexity index is 1390. The third-order valence-electron chi connectivity index (χ3n) is 8.18. The predicted octanol–water partition coefficient (Wildman–Crippen LogP) is 4.59. The Hall–Kier alpha value is -2.58. The number of hydrogen-bond donors (Lipinski definition) is 2. The molecule has 2 N–H and O–H groups in total. The Morgan fingerprint density at radius 3 is 2.74 bits per heavy atom. The van der Waals surface area contributed by atoms with Gasteiger partial charge in [0.2, 0.25) is 0 Å². The van der Waals surface area contributed by atoms with Crippen LogP contribution in [0.4, 0.5) is 13.6 Å². The van der Waals surface area contributed by atoms with Gasteiger partial charge in [-0.3, -0.25) is 0 Å². The van der Waals surface area contributed by atoms with Crippen molar-refractivity contribution in [3.05, 3.63) is 51.8 Å². The lowest BCUT2D eigenvalue weighted by atomic mass is 9.93. The number of methoxy groups -OCH3 is 1. The minimum Gasteiger partial charge on any atom is -0.593 e. The van der Waals surface area contributed by atoms with Crippen LogP contribution in [-0.2, 0) is 20.8 Å². The van der Waals surface area contributed by atoms with Gasteiger partial charge in [-0.15, -0.1) is 4.72 Å². The Morgan fingerprint density at radius 2 is 2.07 bits per heavy atom. The highest BCUT2D eigenvalue weighted by molar-refractivity contribution is 7.93. The predicted molar refractivity (Wildman–Crippen MR) is 155 cm³/mol. The van der Waals surface area contributed by atoms with Gasteiger partial charge in [0, 0.05) is 24.2 Å². The first-order valence-electron chi connectivity index (χ1n) is 14.3. The van der Waals surface area contributed by atoms with Gasteiger partial charge in [-0.05, 0) is 53.0 Å². The lowest BCUT2D eigenvalue weighted by Crippen LogP contribution is -2.58. The molecule has 1 saturated heterocycles. The summed E-state index contributed by atoms with van der Waals surface area (Å²) in [4.78, 5) is 19.3. The second-order valence-corrected chi connectivity index (χ2v) is 13.4. The number of carbonyl (C=O) groups is 1. The molecule has 10 nitrogen and oxygen atoms in total. The summed E-state index contributed by atoms with van der Waals surface area (Å²) in [6, 6.07) is -0.193. The molecule has 230 valence electrons. The minimum absolute atomic E-state index is 0.00209. The van der Waals surface area contributed by atoms with E-state index >= 15 is 0 Å². The molecule has 5 rings (SSSR count). The number of aromatic nitrogens is 3. The Morgan fingerprint density at radius 1 is 1.33 bits per heavy atom. The van der Waals surface area contributed by atoms with E-state index in [1.54, 1.807) is 16.8 Å². The first-order chi connectivity index (χ1) is 19.8. The van der Waals surface area contributed by atoms with Crippen molar-refractivity contribution in [1.82, 2.24) is 29.5 Å². The smallest absolute Gasteiger partial charge is 0.318 e. The fraction of sp³-hybridized carbons (Fsp3) is 0.621. The van der Waals surface area contributed by atoms with E-state index in [4.69, 9.17) is 14.5 Å². The molecule has 1 saturated carbocycles. The van der Waals surface area contributed by atoms with Crippen molar-refractivity contribution in [3.63, 3.8) is 0 Å². The molecule has 3 heterocycles. The molecule has 42 heavy (non-hydrogen) atoms. The minimum atomic E-state index is -3.07. The second kappa shape index (κ2) is 11.8. The molecule has 2 aliphatic carbocycles. The summed E-state index contributed by atoms with van der Waals surface area (Å²) in [6.07, 6.45) is 7.77. The summed E-state index contributed by atoms with van der Waals surface area (Å²) >= 11 is -1.49. The molecule has 3 aliphatic rings.